The quantitative estimate of drug-likeness (QED) is 0.861. The second kappa shape index (κ2) is 5.63. The van der Waals surface area contributed by atoms with E-state index in [1.165, 1.54) is 24.4 Å². The van der Waals surface area contributed by atoms with Gasteiger partial charge in [0.05, 0.1) is 23.0 Å². The lowest BCUT2D eigenvalue weighted by Gasteiger charge is -2.07. The van der Waals surface area contributed by atoms with E-state index in [9.17, 15) is 18.3 Å². The number of rotatable bonds is 2. The highest BCUT2D eigenvalue weighted by Gasteiger charge is 2.30. The number of pyridine rings is 1. The average Bonchev–Trinajstić information content (AvgIpc) is 2.45. The summed E-state index contributed by atoms with van der Waals surface area (Å²) in [5.41, 5.74) is -0.989. The fourth-order valence-corrected chi connectivity index (χ4v) is 1.61. The highest BCUT2D eigenvalue weighted by atomic mass is 19.4. The molecule has 2 rings (SSSR count). The van der Waals surface area contributed by atoms with Gasteiger partial charge >= 0.3 is 6.18 Å². The Hall–Kier alpha value is -2.88. The first kappa shape index (κ1) is 14.5. The van der Waals surface area contributed by atoms with Crippen LogP contribution < -0.4 is 0 Å². The number of hydrogen-bond acceptors (Lipinski definition) is 4. The Kier molecular flexibility index (Phi) is 3.89. The molecule has 0 spiro atoms. The number of aromatic nitrogens is 1. The predicted octanol–water partition coefficient (Wildman–Crippen LogP) is 3.45. The Morgan fingerprint density at radius 1 is 1.29 bits per heavy atom. The molecule has 0 aliphatic heterocycles. The van der Waals surface area contributed by atoms with E-state index in [0.29, 0.717) is 0 Å². The van der Waals surface area contributed by atoms with E-state index >= 15 is 0 Å². The fourth-order valence-electron chi connectivity index (χ4n) is 1.61. The van der Waals surface area contributed by atoms with Gasteiger partial charge in [-0.05, 0) is 24.3 Å². The Morgan fingerprint density at radius 3 is 2.67 bits per heavy atom. The molecule has 0 atom stereocenters. The van der Waals surface area contributed by atoms with Crippen molar-refractivity contribution in [1.29, 1.82) is 5.26 Å². The molecule has 0 saturated carbocycles. The number of halogens is 3. The molecule has 0 unspecified atom stereocenters. The monoisotopic (exact) mass is 291 g/mol. The van der Waals surface area contributed by atoms with E-state index in [0.717, 1.165) is 18.3 Å². The number of hydrogen-bond donors (Lipinski definition) is 1. The Bertz CT molecular complexity index is 733. The summed E-state index contributed by atoms with van der Waals surface area (Å²) >= 11 is 0. The zero-order chi connectivity index (χ0) is 15.5. The first-order valence-electron chi connectivity index (χ1n) is 5.71. The number of aliphatic imine (C=N–C) groups is 1. The summed E-state index contributed by atoms with van der Waals surface area (Å²) < 4.78 is 37.8. The van der Waals surface area contributed by atoms with Crippen LogP contribution in [0.1, 0.15) is 11.1 Å². The third kappa shape index (κ3) is 3.36. The van der Waals surface area contributed by atoms with Crippen molar-refractivity contribution < 1.29 is 18.3 Å². The van der Waals surface area contributed by atoms with E-state index in [1.54, 1.807) is 6.07 Å². The Labute approximate surface area is 117 Å². The minimum Gasteiger partial charge on any atom is -0.506 e. The topological polar surface area (TPSA) is 69.3 Å². The van der Waals surface area contributed by atoms with Crippen LogP contribution >= 0.6 is 0 Å². The van der Waals surface area contributed by atoms with Gasteiger partial charge in [-0.2, -0.15) is 18.4 Å². The number of nitrogens with zero attached hydrogens (tertiary/aromatic N) is 3. The largest absolute Gasteiger partial charge is 0.506 e. The number of nitriles is 1. The van der Waals surface area contributed by atoms with Crippen molar-refractivity contribution in [3.05, 3.63) is 53.9 Å². The SMILES string of the molecule is N#C/C(=N\c1cccc(C(F)(F)F)c1)c1ccncc1O. The van der Waals surface area contributed by atoms with Gasteiger partial charge < -0.3 is 5.11 Å². The first-order valence-corrected chi connectivity index (χ1v) is 5.71. The maximum absolute atomic E-state index is 12.6. The molecule has 0 bridgehead atoms. The summed E-state index contributed by atoms with van der Waals surface area (Å²) in [5.74, 6) is -0.273. The summed E-state index contributed by atoms with van der Waals surface area (Å²) in [6.07, 6.45) is -2.03. The number of benzene rings is 1. The molecule has 0 saturated heterocycles. The number of alkyl halides is 3. The lowest BCUT2D eigenvalue weighted by atomic mass is 10.1. The Balaban J connectivity index is 2.47. The summed E-state index contributed by atoms with van der Waals surface area (Å²) in [4.78, 5) is 7.50. The minimum atomic E-state index is -4.49. The lowest BCUT2D eigenvalue weighted by Crippen LogP contribution is -2.04. The molecule has 0 aliphatic rings. The average molecular weight is 291 g/mol. The Morgan fingerprint density at radius 2 is 2.05 bits per heavy atom. The van der Waals surface area contributed by atoms with Gasteiger partial charge in [-0.15, -0.1) is 0 Å². The third-order valence-corrected chi connectivity index (χ3v) is 2.58. The lowest BCUT2D eigenvalue weighted by molar-refractivity contribution is -0.137. The molecule has 1 heterocycles. The van der Waals surface area contributed by atoms with Crippen molar-refractivity contribution in [2.24, 2.45) is 4.99 Å². The van der Waals surface area contributed by atoms with Gasteiger partial charge in [0, 0.05) is 6.20 Å². The van der Waals surface area contributed by atoms with Crippen molar-refractivity contribution >= 4 is 11.4 Å². The van der Waals surface area contributed by atoms with Gasteiger partial charge in [-0.25, -0.2) is 4.99 Å². The van der Waals surface area contributed by atoms with Crippen molar-refractivity contribution in [1.82, 2.24) is 4.98 Å². The molecule has 0 aliphatic carbocycles. The van der Waals surface area contributed by atoms with Crippen molar-refractivity contribution in [3.63, 3.8) is 0 Å². The molecule has 0 radical (unpaired) electrons. The van der Waals surface area contributed by atoms with E-state index in [2.05, 4.69) is 9.98 Å². The second-order valence-corrected chi connectivity index (χ2v) is 4.01. The standard InChI is InChI=1S/C14H8F3N3O/c15-14(16,17)9-2-1-3-10(6-9)20-12(7-18)11-4-5-19-8-13(11)21/h1-6,8,21H/b20-12+. The zero-order valence-electron chi connectivity index (χ0n) is 10.5. The molecule has 0 fully saturated rings. The van der Waals surface area contributed by atoms with E-state index in [1.807, 2.05) is 0 Å². The van der Waals surface area contributed by atoms with Crippen molar-refractivity contribution in [2.75, 3.05) is 0 Å². The summed E-state index contributed by atoms with van der Waals surface area (Å²) in [6, 6.07) is 7.38. The van der Waals surface area contributed by atoms with Gasteiger partial charge in [0.1, 0.15) is 11.8 Å². The highest BCUT2D eigenvalue weighted by molar-refractivity contribution is 6.14. The van der Waals surface area contributed by atoms with E-state index < -0.39 is 11.7 Å². The maximum Gasteiger partial charge on any atom is 0.416 e. The maximum atomic E-state index is 12.6. The molecule has 1 N–H and O–H groups in total. The molecule has 4 nitrogen and oxygen atoms in total. The normalized spacial score (nSPS) is 12.0. The fraction of sp³-hybridized carbons (Fsp3) is 0.0714. The van der Waals surface area contributed by atoms with Crippen LogP contribution in [-0.2, 0) is 6.18 Å². The summed E-state index contributed by atoms with van der Waals surface area (Å²) in [5, 5.41) is 18.7. The van der Waals surface area contributed by atoms with Gasteiger partial charge in [0.2, 0.25) is 0 Å². The minimum absolute atomic E-state index is 0.0300. The van der Waals surface area contributed by atoms with E-state index in [4.69, 9.17) is 5.26 Å². The highest BCUT2D eigenvalue weighted by Crippen LogP contribution is 2.31. The van der Waals surface area contributed by atoms with Gasteiger partial charge in [0.15, 0.2) is 5.71 Å². The van der Waals surface area contributed by atoms with Gasteiger partial charge in [-0.3, -0.25) is 4.98 Å². The van der Waals surface area contributed by atoms with Crippen LogP contribution in [0.25, 0.3) is 0 Å². The van der Waals surface area contributed by atoms with Crippen molar-refractivity contribution in [2.45, 2.75) is 6.18 Å². The third-order valence-electron chi connectivity index (χ3n) is 2.58. The van der Waals surface area contributed by atoms with Crippen LogP contribution in [0, 0.1) is 11.3 Å². The molecular weight excluding hydrogens is 283 g/mol. The first-order chi connectivity index (χ1) is 9.91. The molecule has 7 heteroatoms. The molecule has 21 heavy (non-hydrogen) atoms. The van der Waals surface area contributed by atoms with Crippen LogP contribution in [0.2, 0.25) is 0 Å². The van der Waals surface area contributed by atoms with Crippen LogP contribution in [0.3, 0.4) is 0 Å². The molecule has 1 aromatic carbocycles. The van der Waals surface area contributed by atoms with E-state index in [-0.39, 0.29) is 22.7 Å². The van der Waals surface area contributed by atoms with Gasteiger partial charge in [-0.1, -0.05) is 6.07 Å². The van der Waals surface area contributed by atoms with Crippen LogP contribution in [0.15, 0.2) is 47.7 Å². The molecular formula is C14H8F3N3O. The van der Waals surface area contributed by atoms with Crippen molar-refractivity contribution in [3.8, 4) is 11.8 Å². The summed E-state index contributed by atoms with van der Waals surface area (Å²) in [6.45, 7) is 0. The second-order valence-electron chi connectivity index (χ2n) is 4.01. The molecule has 2 aromatic rings. The zero-order valence-corrected chi connectivity index (χ0v) is 10.5. The van der Waals surface area contributed by atoms with Gasteiger partial charge in [0.25, 0.3) is 0 Å². The molecule has 0 amide bonds. The summed E-state index contributed by atoms with van der Waals surface area (Å²) in [7, 11) is 0. The molecule has 106 valence electrons. The van der Waals surface area contributed by atoms with Crippen LogP contribution in [-0.4, -0.2) is 15.8 Å². The predicted molar refractivity (Wildman–Crippen MR) is 69.2 cm³/mol. The smallest absolute Gasteiger partial charge is 0.416 e. The van der Waals surface area contributed by atoms with Crippen LogP contribution in [0.4, 0.5) is 18.9 Å². The van der Waals surface area contributed by atoms with Crippen LogP contribution in [0.5, 0.6) is 5.75 Å². The molecule has 1 aromatic heterocycles. The number of aromatic hydroxyl groups is 1.